The fraction of sp³-hybridized carbons (Fsp3) is 0.179. The molecule has 2 N–H and O–H groups in total. The van der Waals surface area contributed by atoms with Gasteiger partial charge in [-0.05, 0) is 54.8 Å². The second kappa shape index (κ2) is 13.1. The van der Waals surface area contributed by atoms with Gasteiger partial charge < -0.3 is 9.47 Å². The van der Waals surface area contributed by atoms with Crippen molar-refractivity contribution < 1.29 is 19.1 Å². The van der Waals surface area contributed by atoms with Crippen LogP contribution in [0.1, 0.15) is 32.1 Å². The highest BCUT2D eigenvalue weighted by Gasteiger charge is 2.13. The van der Waals surface area contributed by atoms with E-state index in [1.165, 1.54) is 6.21 Å². The highest BCUT2D eigenvalue weighted by Crippen LogP contribution is 2.18. The summed E-state index contributed by atoms with van der Waals surface area (Å²) >= 11 is 1.14. The Morgan fingerprint density at radius 1 is 0.921 bits per heavy atom. The number of aryl methyl sites for hydroxylation is 2. The van der Waals surface area contributed by atoms with E-state index in [-0.39, 0.29) is 18.2 Å². The quantitative estimate of drug-likeness (QED) is 0.167. The van der Waals surface area contributed by atoms with Gasteiger partial charge in [-0.1, -0.05) is 59.9 Å². The zero-order valence-corrected chi connectivity index (χ0v) is 21.8. The molecule has 4 rings (SSSR count). The molecule has 1 aromatic heterocycles. The Bertz CT molecular complexity index is 1440. The van der Waals surface area contributed by atoms with Crippen molar-refractivity contribution in [2.45, 2.75) is 20.3 Å². The van der Waals surface area contributed by atoms with E-state index in [2.05, 4.69) is 26.0 Å². The van der Waals surface area contributed by atoms with Crippen molar-refractivity contribution in [3.63, 3.8) is 0 Å². The van der Waals surface area contributed by atoms with Crippen LogP contribution < -0.4 is 20.2 Å². The summed E-state index contributed by atoms with van der Waals surface area (Å²) in [5.74, 6) is 0.882. The molecule has 38 heavy (non-hydrogen) atoms. The van der Waals surface area contributed by atoms with Crippen LogP contribution in [0.3, 0.4) is 0 Å². The van der Waals surface area contributed by atoms with Crippen molar-refractivity contribution >= 4 is 34.5 Å². The highest BCUT2D eigenvalue weighted by atomic mass is 32.1. The third-order valence-corrected chi connectivity index (χ3v) is 6.19. The van der Waals surface area contributed by atoms with Gasteiger partial charge in [0.1, 0.15) is 29.7 Å². The van der Waals surface area contributed by atoms with Gasteiger partial charge in [-0.15, -0.1) is 10.2 Å². The predicted octanol–water partition coefficient (Wildman–Crippen LogP) is 4.56. The summed E-state index contributed by atoms with van der Waals surface area (Å²) in [7, 11) is 0. The molecule has 0 radical (unpaired) electrons. The number of nitrogens with one attached hydrogen (secondary N) is 2. The third kappa shape index (κ3) is 7.71. The SMILES string of the molecule is Cc1ccccc1OCCOc1cccc(/C=N\NC(=O)Cc2nnc(NC(=O)c3ccccc3C)s2)c1. The largest absolute Gasteiger partial charge is 0.490 e. The van der Waals surface area contributed by atoms with Crippen LogP contribution in [0.4, 0.5) is 5.13 Å². The molecule has 0 spiro atoms. The van der Waals surface area contributed by atoms with Crippen LogP contribution in [-0.2, 0) is 11.2 Å². The number of para-hydroxylation sites is 1. The topological polar surface area (TPSA) is 115 Å². The average molecular weight is 530 g/mol. The zero-order chi connectivity index (χ0) is 26.7. The van der Waals surface area contributed by atoms with Crippen molar-refractivity contribution in [1.29, 1.82) is 0 Å². The van der Waals surface area contributed by atoms with E-state index in [0.29, 0.717) is 34.7 Å². The first-order valence-corrected chi connectivity index (χ1v) is 12.7. The smallest absolute Gasteiger partial charge is 0.257 e. The first-order valence-electron chi connectivity index (χ1n) is 11.9. The first kappa shape index (κ1) is 26.5. The Morgan fingerprint density at radius 3 is 2.50 bits per heavy atom. The van der Waals surface area contributed by atoms with Gasteiger partial charge in [-0.25, -0.2) is 5.43 Å². The molecule has 0 aliphatic carbocycles. The molecule has 0 bridgehead atoms. The number of carbonyl (C=O) groups excluding carboxylic acids is 2. The summed E-state index contributed by atoms with van der Waals surface area (Å²) in [4.78, 5) is 24.7. The monoisotopic (exact) mass is 529 g/mol. The summed E-state index contributed by atoms with van der Waals surface area (Å²) in [5, 5.41) is 15.4. The molecule has 4 aromatic rings. The molecule has 0 aliphatic rings. The lowest BCUT2D eigenvalue weighted by Crippen LogP contribution is -2.19. The lowest BCUT2D eigenvalue weighted by atomic mass is 10.1. The second-order valence-electron chi connectivity index (χ2n) is 8.27. The Morgan fingerprint density at radius 2 is 1.68 bits per heavy atom. The van der Waals surface area contributed by atoms with Crippen LogP contribution in [0.5, 0.6) is 11.5 Å². The third-order valence-electron chi connectivity index (χ3n) is 5.35. The van der Waals surface area contributed by atoms with Gasteiger partial charge in [-0.2, -0.15) is 5.10 Å². The minimum Gasteiger partial charge on any atom is -0.490 e. The highest BCUT2D eigenvalue weighted by molar-refractivity contribution is 7.15. The Labute approximate surface area is 224 Å². The summed E-state index contributed by atoms with van der Waals surface area (Å²) in [6.45, 7) is 4.66. The summed E-state index contributed by atoms with van der Waals surface area (Å²) < 4.78 is 11.5. The maximum atomic E-state index is 12.4. The van der Waals surface area contributed by atoms with Crippen LogP contribution in [0.25, 0.3) is 0 Å². The van der Waals surface area contributed by atoms with E-state index < -0.39 is 0 Å². The predicted molar refractivity (Wildman–Crippen MR) is 147 cm³/mol. The number of benzene rings is 3. The molecule has 0 atom stereocenters. The van der Waals surface area contributed by atoms with Gasteiger partial charge >= 0.3 is 0 Å². The van der Waals surface area contributed by atoms with Gasteiger partial charge in [0.15, 0.2) is 0 Å². The number of anilines is 1. The summed E-state index contributed by atoms with van der Waals surface area (Å²) in [6.07, 6.45) is 1.52. The molecular weight excluding hydrogens is 502 g/mol. The number of nitrogens with zero attached hydrogens (tertiary/aromatic N) is 3. The van der Waals surface area contributed by atoms with Gasteiger partial charge in [0, 0.05) is 5.56 Å². The van der Waals surface area contributed by atoms with Crippen molar-refractivity contribution in [2.24, 2.45) is 5.10 Å². The fourth-order valence-corrected chi connectivity index (χ4v) is 4.17. The van der Waals surface area contributed by atoms with Crippen LogP contribution in [0.2, 0.25) is 0 Å². The van der Waals surface area contributed by atoms with E-state index in [4.69, 9.17) is 9.47 Å². The van der Waals surface area contributed by atoms with E-state index in [9.17, 15) is 9.59 Å². The molecule has 9 nitrogen and oxygen atoms in total. The van der Waals surface area contributed by atoms with Crippen molar-refractivity contribution in [3.8, 4) is 11.5 Å². The number of amides is 2. The van der Waals surface area contributed by atoms with Crippen molar-refractivity contribution in [2.75, 3.05) is 18.5 Å². The number of aromatic nitrogens is 2. The number of carbonyl (C=O) groups is 2. The molecule has 0 unspecified atom stereocenters. The van der Waals surface area contributed by atoms with Gasteiger partial charge in [0.25, 0.3) is 5.91 Å². The molecule has 1 heterocycles. The number of ether oxygens (including phenoxy) is 2. The molecule has 3 aromatic carbocycles. The second-order valence-corrected chi connectivity index (χ2v) is 9.34. The van der Waals surface area contributed by atoms with Crippen LogP contribution in [-0.4, -0.2) is 41.4 Å². The van der Waals surface area contributed by atoms with Crippen LogP contribution in [0.15, 0.2) is 77.9 Å². The Hall–Kier alpha value is -4.57. The van der Waals surface area contributed by atoms with Gasteiger partial charge in [0.05, 0.1) is 12.6 Å². The molecule has 0 saturated heterocycles. The lowest BCUT2D eigenvalue weighted by Gasteiger charge is -2.10. The Balaban J connectivity index is 1.21. The maximum Gasteiger partial charge on any atom is 0.257 e. The number of hydrogen-bond acceptors (Lipinski definition) is 8. The number of hydrazone groups is 1. The molecule has 10 heteroatoms. The molecule has 194 valence electrons. The average Bonchev–Trinajstić information content (AvgIpc) is 3.34. The fourth-order valence-electron chi connectivity index (χ4n) is 3.44. The van der Waals surface area contributed by atoms with E-state index in [1.807, 2.05) is 74.5 Å². The van der Waals surface area contributed by atoms with Crippen LogP contribution in [0, 0.1) is 13.8 Å². The van der Waals surface area contributed by atoms with Gasteiger partial charge in [0.2, 0.25) is 11.0 Å². The van der Waals surface area contributed by atoms with E-state index >= 15 is 0 Å². The molecule has 0 fully saturated rings. The van der Waals surface area contributed by atoms with Crippen LogP contribution >= 0.6 is 11.3 Å². The number of hydrogen-bond donors (Lipinski definition) is 2. The van der Waals surface area contributed by atoms with E-state index in [0.717, 1.165) is 33.8 Å². The molecule has 2 amide bonds. The molecular formula is C28H27N5O4S. The minimum absolute atomic E-state index is 0.0146. The zero-order valence-electron chi connectivity index (χ0n) is 21.0. The minimum atomic E-state index is -0.352. The van der Waals surface area contributed by atoms with Crippen molar-refractivity contribution in [3.05, 3.63) is 100 Å². The standard InChI is InChI=1S/C28H27N5O4S/c1-19-8-3-5-12-23(19)27(35)30-28-33-32-26(38-28)17-25(34)31-29-18-21-10-7-11-22(16-21)36-14-15-37-24-13-6-4-9-20(24)2/h3-13,16,18H,14-15,17H2,1-2H3,(H,31,34)(H,30,33,35)/b29-18-. The van der Waals surface area contributed by atoms with E-state index in [1.54, 1.807) is 12.1 Å². The van der Waals surface area contributed by atoms with Gasteiger partial charge in [-0.3, -0.25) is 14.9 Å². The number of rotatable bonds is 11. The Kier molecular flexibility index (Phi) is 9.14. The van der Waals surface area contributed by atoms with Crippen molar-refractivity contribution in [1.82, 2.24) is 15.6 Å². The first-order chi connectivity index (χ1) is 18.5. The normalized spacial score (nSPS) is 10.8. The lowest BCUT2D eigenvalue weighted by molar-refractivity contribution is -0.120. The molecule has 0 saturated carbocycles. The summed E-state index contributed by atoms with van der Waals surface area (Å²) in [6, 6.07) is 22.4. The maximum absolute atomic E-state index is 12.4. The molecule has 0 aliphatic heterocycles. The summed E-state index contributed by atoms with van der Waals surface area (Å²) in [5.41, 5.74) is 5.73.